The average Bonchev–Trinajstić information content (AvgIpc) is 3.53. The van der Waals surface area contributed by atoms with Gasteiger partial charge in [0.1, 0.15) is 5.75 Å². The summed E-state index contributed by atoms with van der Waals surface area (Å²) in [6.45, 7) is 1.33. The summed E-state index contributed by atoms with van der Waals surface area (Å²) >= 11 is 0. The number of amides is 2. The van der Waals surface area contributed by atoms with E-state index in [2.05, 4.69) is 5.32 Å². The van der Waals surface area contributed by atoms with Crippen molar-refractivity contribution in [3.05, 3.63) is 54.3 Å². The molecule has 6 heteroatoms. The maximum atomic E-state index is 13.7. The number of rotatable bonds is 5. The smallest absolute Gasteiger partial charge is 0.227 e. The van der Waals surface area contributed by atoms with Crippen LogP contribution in [-0.4, -0.2) is 29.8 Å². The van der Waals surface area contributed by atoms with E-state index in [9.17, 15) is 14.0 Å². The standard InChI is InChI=1S/C25H27FN2O3/c26-21-4-1-2-5-22(21)31-19-8-6-18(7-9-19)27-23(29)17-10-14-28(15-11-17)24(30)20-16-25(20)12-3-13-25/h1-2,4-9,17,20H,3,10-16H2,(H,27,29). The second kappa shape index (κ2) is 7.98. The second-order valence-corrected chi connectivity index (χ2v) is 9.12. The number of ether oxygens (including phenoxy) is 1. The van der Waals surface area contributed by atoms with Crippen molar-refractivity contribution >= 4 is 17.5 Å². The van der Waals surface area contributed by atoms with Gasteiger partial charge in [-0.1, -0.05) is 18.6 Å². The average molecular weight is 423 g/mol. The van der Waals surface area contributed by atoms with Gasteiger partial charge < -0.3 is 15.0 Å². The van der Waals surface area contributed by atoms with E-state index in [-0.39, 0.29) is 23.5 Å². The lowest BCUT2D eigenvalue weighted by Gasteiger charge is -2.33. The van der Waals surface area contributed by atoms with Crippen LogP contribution in [0.5, 0.6) is 11.5 Å². The molecule has 162 valence electrons. The van der Waals surface area contributed by atoms with Crippen LogP contribution in [0, 0.1) is 23.1 Å². The lowest BCUT2D eigenvalue weighted by atomic mass is 9.79. The highest BCUT2D eigenvalue weighted by molar-refractivity contribution is 5.93. The molecular weight excluding hydrogens is 395 g/mol. The minimum Gasteiger partial charge on any atom is -0.454 e. The first-order valence-electron chi connectivity index (χ1n) is 11.2. The molecule has 3 fully saturated rings. The van der Waals surface area contributed by atoms with E-state index >= 15 is 0 Å². The van der Waals surface area contributed by atoms with Crippen LogP contribution in [0.3, 0.4) is 0 Å². The molecule has 0 radical (unpaired) electrons. The summed E-state index contributed by atoms with van der Waals surface area (Å²) in [5.74, 6) is 0.691. The molecule has 2 aromatic carbocycles. The van der Waals surface area contributed by atoms with Gasteiger partial charge in [-0.25, -0.2) is 4.39 Å². The molecule has 2 aliphatic carbocycles. The maximum absolute atomic E-state index is 13.7. The fraction of sp³-hybridized carbons (Fsp3) is 0.440. The van der Waals surface area contributed by atoms with Crippen LogP contribution in [0.2, 0.25) is 0 Å². The number of likely N-dealkylation sites (tertiary alicyclic amines) is 1. The van der Waals surface area contributed by atoms with E-state index in [1.54, 1.807) is 42.5 Å². The molecule has 2 aromatic rings. The van der Waals surface area contributed by atoms with Gasteiger partial charge in [-0.05, 0) is 73.9 Å². The molecule has 2 amide bonds. The Hall–Kier alpha value is -2.89. The molecule has 31 heavy (non-hydrogen) atoms. The third-order valence-corrected chi connectivity index (χ3v) is 7.20. The molecular formula is C25H27FN2O3. The van der Waals surface area contributed by atoms with Crippen LogP contribution in [0.1, 0.15) is 38.5 Å². The van der Waals surface area contributed by atoms with Gasteiger partial charge >= 0.3 is 0 Å². The van der Waals surface area contributed by atoms with Gasteiger partial charge in [0.2, 0.25) is 11.8 Å². The third-order valence-electron chi connectivity index (χ3n) is 7.20. The van der Waals surface area contributed by atoms with E-state index in [4.69, 9.17) is 4.74 Å². The van der Waals surface area contributed by atoms with E-state index < -0.39 is 5.82 Å². The minimum absolute atomic E-state index is 0.0169. The van der Waals surface area contributed by atoms with Crippen molar-refractivity contribution < 1.29 is 18.7 Å². The lowest BCUT2D eigenvalue weighted by molar-refractivity contribution is -0.137. The zero-order valence-electron chi connectivity index (χ0n) is 17.5. The molecule has 5 rings (SSSR count). The topological polar surface area (TPSA) is 58.6 Å². The predicted octanol–water partition coefficient (Wildman–Crippen LogP) is 4.99. The summed E-state index contributed by atoms with van der Waals surface area (Å²) in [4.78, 5) is 27.4. The van der Waals surface area contributed by atoms with Crippen molar-refractivity contribution in [1.29, 1.82) is 0 Å². The Labute approximate surface area is 181 Å². The van der Waals surface area contributed by atoms with E-state index in [0.717, 1.165) is 6.42 Å². The van der Waals surface area contributed by atoms with Crippen molar-refractivity contribution in [2.75, 3.05) is 18.4 Å². The Morgan fingerprint density at radius 3 is 2.35 bits per heavy atom. The number of nitrogens with zero attached hydrogens (tertiary/aromatic N) is 1. The van der Waals surface area contributed by atoms with Crippen LogP contribution >= 0.6 is 0 Å². The highest BCUT2D eigenvalue weighted by Crippen LogP contribution is 2.66. The fourth-order valence-corrected chi connectivity index (χ4v) is 4.97. The zero-order chi connectivity index (χ0) is 21.4. The summed E-state index contributed by atoms with van der Waals surface area (Å²) in [5, 5.41) is 2.95. The quantitative estimate of drug-likeness (QED) is 0.739. The molecule has 1 spiro atoms. The van der Waals surface area contributed by atoms with Crippen LogP contribution in [0.4, 0.5) is 10.1 Å². The summed E-state index contributed by atoms with van der Waals surface area (Å²) in [6.07, 6.45) is 6.17. The van der Waals surface area contributed by atoms with Crippen molar-refractivity contribution in [1.82, 2.24) is 4.90 Å². The van der Waals surface area contributed by atoms with Crippen LogP contribution in [0.15, 0.2) is 48.5 Å². The lowest BCUT2D eigenvalue weighted by Crippen LogP contribution is -2.43. The first-order valence-corrected chi connectivity index (χ1v) is 11.2. The molecule has 1 atom stereocenters. The van der Waals surface area contributed by atoms with E-state index in [1.165, 1.54) is 25.3 Å². The molecule has 1 unspecified atom stereocenters. The first kappa shape index (κ1) is 20.0. The van der Waals surface area contributed by atoms with Gasteiger partial charge in [0.25, 0.3) is 0 Å². The van der Waals surface area contributed by atoms with Gasteiger partial charge in [-0.3, -0.25) is 9.59 Å². The number of halogens is 1. The zero-order valence-corrected chi connectivity index (χ0v) is 17.5. The highest BCUT2D eigenvalue weighted by Gasteiger charge is 2.61. The van der Waals surface area contributed by atoms with E-state index in [1.807, 2.05) is 4.90 Å². The minimum atomic E-state index is -0.422. The van der Waals surface area contributed by atoms with Crippen molar-refractivity contribution in [2.24, 2.45) is 17.3 Å². The Morgan fingerprint density at radius 1 is 1.03 bits per heavy atom. The number of piperidine rings is 1. The van der Waals surface area contributed by atoms with Crippen LogP contribution in [0.25, 0.3) is 0 Å². The number of carbonyl (C=O) groups is 2. The van der Waals surface area contributed by atoms with Gasteiger partial charge in [-0.2, -0.15) is 0 Å². The SMILES string of the molecule is O=C(Nc1ccc(Oc2ccccc2F)cc1)C1CCN(C(=O)C2CC23CCC3)CC1. The van der Waals surface area contributed by atoms with Crippen molar-refractivity contribution in [2.45, 2.75) is 38.5 Å². The number of hydrogen-bond acceptors (Lipinski definition) is 3. The largest absolute Gasteiger partial charge is 0.454 e. The number of carbonyl (C=O) groups excluding carboxylic acids is 2. The van der Waals surface area contributed by atoms with E-state index in [0.29, 0.717) is 48.7 Å². The predicted molar refractivity (Wildman–Crippen MR) is 115 cm³/mol. The Kier molecular flexibility index (Phi) is 5.16. The molecule has 1 heterocycles. The number of anilines is 1. The summed E-state index contributed by atoms with van der Waals surface area (Å²) in [6, 6.07) is 13.1. The van der Waals surface area contributed by atoms with Crippen molar-refractivity contribution in [3.8, 4) is 11.5 Å². The third kappa shape index (κ3) is 4.03. The molecule has 2 saturated carbocycles. The number of hydrogen-bond donors (Lipinski definition) is 1. The van der Waals surface area contributed by atoms with Crippen LogP contribution < -0.4 is 10.1 Å². The first-order chi connectivity index (χ1) is 15.0. The second-order valence-electron chi connectivity index (χ2n) is 9.12. The fourth-order valence-electron chi connectivity index (χ4n) is 4.97. The number of benzene rings is 2. The molecule has 3 aliphatic rings. The Morgan fingerprint density at radius 2 is 1.74 bits per heavy atom. The summed E-state index contributed by atoms with van der Waals surface area (Å²) in [5.41, 5.74) is 1.03. The highest BCUT2D eigenvalue weighted by atomic mass is 19.1. The van der Waals surface area contributed by atoms with Crippen molar-refractivity contribution in [3.63, 3.8) is 0 Å². The van der Waals surface area contributed by atoms with Gasteiger partial charge in [-0.15, -0.1) is 0 Å². The summed E-state index contributed by atoms with van der Waals surface area (Å²) < 4.78 is 19.3. The van der Waals surface area contributed by atoms with Gasteiger partial charge in [0.05, 0.1) is 0 Å². The molecule has 0 aromatic heterocycles. The number of nitrogens with one attached hydrogen (secondary N) is 1. The Bertz CT molecular complexity index is 979. The monoisotopic (exact) mass is 422 g/mol. The Balaban J connectivity index is 1.11. The molecule has 0 bridgehead atoms. The van der Waals surface area contributed by atoms with Gasteiger partial charge in [0, 0.05) is 30.6 Å². The number of para-hydroxylation sites is 1. The molecule has 1 N–H and O–H groups in total. The van der Waals surface area contributed by atoms with Crippen LogP contribution in [-0.2, 0) is 9.59 Å². The molecule has 1 aliphatic heterocycles. The summed E-state index contributed by atoms with van der Waals surface area (Å²) in [7, 11) is 0. The molecule has 1 saturated heterocycles. The van der Waals surface area contributed by atoms with Gasteiger partial charge in [0.15, 0.2) is 11.6 Å². The maximum Gasteiger partial charge on any atom is 0.227 e. The normalized spacial score (nSPS) is 22.0. The molecule has 5 nitrogen and oxygen atoms in total.